The zero-order valence-corrected chi connectivity index (χ0v) is 9.44. The van der Waals surface area contributed by atoms with Crippen molar-refractivity contribution >= 4 is 10.1 Å². The van der Waals surface area contributed by atoms with Gasteiger partial charge in [-0.3, -0.25) is 4.55 Å². The topological polar surface area (TPSA) is 57.6 Å². The number of nitrogens with zero attached hydrogens (tertiary/aromatic N) is 1. The maximum atomic E-state index is 10.5. The lowest BCUT2D eigenvalue weighted by Crippen LogP contribution is -2.25. The van der Waals surface area contributed by atoms with Crippen molar-refractivity contribution < 1.29 is 13.0 Å². The fraction of sp³-hybridized carbons (Fsp3) is 0.400. The highest BCUT2D eigenvalue weighted by molar-refractivity contribution is 7.85. The van der Waals surface area contributed by atoms with Gasteiger partial charge in [-0.15, -0.1) is 0 Å². The standard InChI is InChI=1S/C10H15NO3S/c1-11(7-8-15(12,13)14)9-10-5-3-2-4-6-10/h2-6H,7-9H2,1H3,(H,12,13,14). The Balaban J connectivity index is 2.40. The van der Waals surface area contributed by atoms with Gasteiger partial charge in [0.1, 0.15) is 0 Å². The van der Waals surface area contributed by atoms with Gasteiger partial charge in [-0.2, -0.15) is 8.42 Å². The van der Waals surface area contributed by atoms with E-state index in [1.54, 1.807) is 0 Å². The molecule has 0 heterocycles. The lowest BCUT2D eigenvalue weighted by atomic mass is 10.2. The molecule has 0 aliphatic heterocycles. The second kappa shape index (κ2) is 5.25. The highest BCUT2D eigenvalue weighted by Gasteiger charge is 2.07. The molecule has 5 heteroatoms. The summed E-state index contributed by atoms with van der Waals surface area (Å²) >= 11 is 0. The summed E-state index contributed by atoms with van der Waals surface area (Å²) in [4.78, 5) is 1.85. The smallest absolute Gasteiger partial charge is 0.266 e. The molecule has 0 fully saturated rings. The van der Waals surface area contributed by atoms with E-state index in [4.69, 9.17) is 4.55 Å². The third-order valence-electron chi connectivity index (χ3n) is 2.03. The van der Waals surface area contributed by atoms with Gasteiger partial charge in [-0.05, 0) is 12.6 Å². The van der Waals surface area contributed by atoms with Crippen molar-refractivity contribution in [3.63, 3.8) is 0 Å². The van der Waals surface area contributed by atoms with Crippen molar-refractivity contribution in [1.29, 1.82) is 0 Å². The van der Waals surface area contributed by atoms with Gasteiger partial charge in [0.15, 0.2) is 0 Å². The molecule has 0 aliphatic carbocycles. The van der Waals surface area contributed by atoms with Crippen molar-refractivity contribution in [2.75, 3.05) is 19.3 Å². The molecule has 1 N–H and O–H groups in total. The van der Waals surface area contributed by atoms with Crippen LogP contribution in [0.2, 0.25) is 0 Å². The highest BCUT2D eigenvalue weighted by Crippen LogP contribution is 2.02. The van der Waals surface area contributed by atoms with Crippen LogP contribution in [0.4, 0.5) is 0 Å². The molecule has 0 aromatic heterocycles. The first-order valence-corrected chi connectivity index (χ1v) is 6.26. The normalized spacial score (nSPS) is 11.9. The van der Waals surface area contributed by atoms with Gasteiger partial charge in [0, 0.05) is 13.1 Å². The Kier molecular flexibility index (Phi) is 4.26. The third-order valence-corrected chi connectivity index (χ3v) is 2.72. The molecule has 0 atom stereocenters. The van der Waals surface area contributed by atoms with E-state index in [1.165, 1.54) is 0 Å². The zero-order valence-electron chi connectivity index (χ0n) is 8.63. The first-order chi connectivity index (χ1) is 6.97. The number of benzene rings is 1. The van der Waals surface area contributed by atoms with Crippen LogP contribution in [0.1, 0.15) is 5.56 Å². The maximum absolute atomic E-state index is 10.5. The number of hydrogen-bond donors (Lipinski definition) is 1. The van der Waals surface area contributed by atoms with Crippen LogP contribution in [0.5, 0.6) is 0 Å². The molecule has 84 valence electrons. The lowest BCUT2D eigenvalue weighted by molar-refractivity contribution is 0.342. The Labute approximate surface area is 90.3 Å². The maximum Gasteiger partial charge on any atom is 0.266 e. The first kappa shape index (κ1) is 12.2. The predicted octanol–water partition coefficient (Wildman–Crippen LogP) is 1.01. The molecule has 1 aromatic carbocycles. The van der Waals surface area contributed by atoms with Crippen molar-refractivity contribution in [2.45, 2.75) is 6.54 Å². The minimum atomic E-state index is -3.85. The van der Waals surface area contributed by atoms with Gasteiger partial charge in [-0.1, -0.05) is 30.3 Å². The van der Waals surface area contributed by atoms with Gasteiger partial charge in [0.25, 0.3) is 10.1 Å². The Bertz CT molecular complexity index is 388. The molecule has 1 aromatic rings. The molecule has 15 heavy (non-hydrogen) atoms. The van der Waals surface area contributed by atoms with E-state index < -0.39 is 10.1 Å². The molecule has 0 aliphatic rings. The summed E-state index contributed by atoms with van der Waals surface area (Å²) in [5.41, 5.74) is 1.12. The molecule has 0 saturated heterocycles. The van der Waals surface area contributed by atoms with Crippen LogP contribution in [0, 0.1) is 0 Å². The van der Waals surface area contributed by atoms with Crippen molar-refractivity contribution in [1.82, 2.24) is 4.90 Å². The molecular weight excluding hydrogens is 214 g/mol. The van der Waals surface area contributed by atoms with Crippen LogP contribution < -0.4 is 0 Å². The van der Waals surface area contributed by atoms with Gasteiger partial charge in [-0.25, -0.2) is 0 Å². The van der Waals surface area contributed by atoms with E-state index in [9.17, 15) is 8.42 Å². The quantitative estimate of drug-likeness (QED) is 0.765. The zero-order chi connectivity index (χ0) is 11.3. The molecule has 0 unspecified atom stereocenters. The summed E-state index contributed by atoms with van der Waals surface area (Å²) in [5.74, 6) is -0.226. The summed E-state index contributed by atoms with van der Waals surface area (Å²) < 4.78 is 29.6. The Morgan fingerprint density at radius 1 is 1.27 bits per heavy atom. The van der Waals surface area contributed by atoms with Crippen molar-refractivity contribution in [3.05, 3.63) is 35.9 Å². The third kappa shape index (κ3) is 5.51. The predicted molar refractivity (Wildman–Crippen MR) is 59.2 cm³/mol. The van der Waals surface area contributed by atoms with Gasteiger partial charge >= 0.3 is 0 Å². The summed E-state index contributed by atoms with van der Waals surface area (Å²) in [6.45, 7) is 1.00. The average molecular weight is 229 g/mol. The first-order valence-electron chi connectivity index (χ1n) is 4.65. The number of hydrogen-bond acceptors (Lipinski definition) is 3. The number of rotatable bonds is 5. The van der Waals surface area contributed by atoms with E-state index in [1.807, 2.05) is 42.3 Å². The Morgan fingerprint density at radius 2 is 1.87 bits per heavy atom. The minimum absolute atomic E-state index is 0.226. The summed E-state index contributed by atoms with van der Waals surface area (Å²) in [6, 6.07) is 9.76. The van der Waals surface area contributed by atoms with Crippen molar-refractivity contribution in [2.24, 2.45) is 0 Å². The average Bonchev–Trinajstić information content (AvgIpc) is 2.15. The fourth-order valence-electron chi connectivity index (χ4n) is 1.25. The monoisotopic (exact) mass is 229 g/mol. The van der Waals surface area contributed by atoms with E-state index in [-0.39, 0.29) is 5.75 Å². The van der Waals surface area contributed by atoms with Crippen molar-refractivity contribution in [3.8, 4) is 0 Å². The van der Waals surface area contributed by atoms with Crippen LogP contribution in [-0.4, -0.2) is 37.2 Å². The van der Waals surface area contributed by atoms with Crippen LogP contribution in [-0.2, 0) is 16.7 Å². The van der Waals surface area contributed by atoms with Crippen LogP contribution in [0.3, 0.4) is 0 Å². The molecule has 4 nitrogen and oxygen atoms in total. The van der Waals surface area contributed by atoms with Gasteiger partial charge in [0.05, 0.1) is 5.75 Å². The van der Waals surface area contributed by atoms with Gasteiger partial charge < -0.3 is 4.90 Å². The van der Waals surface area contributed by atoms with E-state index in [0.29, 0.717) is 13.1 Å². The van der Waals surface area contributed by atoms with Crippen LogP contribution in [0.25, 0.3) is 0 Å². The lowest BCUT2D eigenvalue weighted by Gasteiger charge is -2.15. The Hall–Kier alpha value is -0.910. The van der Waals surface area contributed by atoms with E-state index in [2.05, 4.69) is 0 Å². The van der Waals surface area contributed by atoms with Gasteiger partial charge in [0.2, 0.25) is 0 Å². The van der Waals surface area contributed by atoms with E-state index >= 15 is 0 Å². The molecule has 1 rings (SSSR count). The molecule has 0 radical (unpaired) electrons. The molecule has 0 bridgehead atoms. The van der Waals surface area contributed by atoms with Crippen LogP contribution >= 0.6 is 0 Å². The SMILES string of the molecule is CN(CCS(=O)(=O)O)Cc1ccccc1. The summed E-state index contributed by atoms with van der Waals surface area (Å²) in [7, 11) is -2.04. The fourth-order valence-corrected chi connectivity index (χ4v) is 1.79. The largest absolute Gasteiger partial charge is 0.301 e. The minimum Gasteiger partial charge on any atom is -0.301 e. The molecule has 0 saturated carbocycles. The summed E-state index contributed by atoms with van der Waals surface area (Å²) in [5, 5.41) is 0. The summed E-state index contributed by atoms with van der Waals surface area (Å²) in [6.07, 6.45) is 0. The molecule has 0 spiro atoms. The van der Waals surface area contributed by atoms with Crippen LogP contribution in [0.15, 0.2) is 30.3 Å². The van der Waals surface area contributed by atoms with E-state index in [0.717, 1.165) is 5.56 Å². The molecular formula is C10H15NO3S. The second-order valence-electron chi connectivity index (χ2n) is 3.51. The second-order valence-corrected chi connectivity index (χ2v) is 5.08. The Morgan fingerprint density at radius 3 is 2.40 bits per heavy atom. The highest BCUT2D eigenvalue weighted by atomic mass is 32.2. The molecule has 0 amide bonds.